The van der Waals surface area contributed by atoms with Gasteiger partial charge in [-0.2, -0.15) is 5.09 Å². The lowest BCUT2D eigenvalue weighted by Crippen LogP contribution is -2.18. The van der Waals surface area contributed by atoms with E-state index in [4.69, 9.17) is 9.05 Å². The van der Waals surface area contributed by atoms with Crippen LogP contribution in [0.2, 0.25) is 0 Å². The topological polar surface area (TPSA) is 47.6 Å². The molecule has 140 valence electrons. The Labute approximate surface area is 160 Å². The van der Waals surface area contributed by atoms with Crippen LogP contribution in [0.4, 0.5) is 0 Å². The molecule has 0 saturated heterocycles. The Balaban J connectivity index is 1.75. The van der Waals surface area contributed by atoms with Crippen molar-refractivity contribution in [2.24, 2.45) is 0 Å². The molecule has 0 spiro atoms. The Kier molecular flexibility index (Phi) is 6.33. The zero-order valence-corrected chi connectivity index (χ0v) is 16.4. The molecule has 0 radical (unpaired) electrons. The van der Waals surface area contributed by atoms with Gasteiger partial charge in [0.1, 0.15) is 11.5 Å². The zero-order valence-electron chi connectivity index (χ0n) is 15.5. The van der Waals surface area contributed by atoms with Crippen molar-refractivity contribution in [2.75, 3.05) is 0 Å². The maximum Gasteiger partial charge on any atom is 0.513 e. The lowest BCUT2D eigenvalue weighted by molar-refractivity contribution is 0.370. The second kappa shape index (κ2) is 8.90. The summed E-state index contributed by atoms with van der Waals surface area (Å²) < 4.78 is 24.8. The molecule has 1 N–H and O–H groups in total. The van der Waals surface area contributed by atoms with E-state index in [0.717, 1.165) is 5.56 Å². The molecule has 0 unspecified atom stereocenters. The molecule has 27 heavy (non-hydrogen) atoms. The minimum Gasteiger partial charge on any atom is -0.405 e. The second-order valence-electron chi connectivity index (χ2n) is 6.54. The number of para-hydroxylation sites is 2. The summed E-state index contributed by atoms with van der Waals surface area (Å²) in [6.45, 7) is 4.68. The molecule has 0 bridgehead atoms. The van der Waals surface area contributed by atoms with Crippen molar-refractivity contribution in [2.45, 2.75) is 26.3 Å². The first-order valence-electron chi connectivity index (χ1n) is 8.97. The van der Waals surface area contributed by atoms with Crippen LogP contribution in [0.25, 0.3) is 0 Å². The van der Waals surface area contributed by atoms with E-state index in [-0.39, 0.29) is 0 Å². The van der Waals surface area contributed by atoms with Crippen molar-refractivity contribution in [1.82, 2.24) is 5.09 Å². The third kappa shape index (κ3) is 5.72. The third-order valence-corrected chi connectivity index (χ3v) is 5.51. The van der Waals surface area contributed by atoms with Crippen LogP contribution in [0.3, 0.4) is 0 Å². The van der Waals surface area contributed by atoms with Crippen LogP contribution in [0.15, 0.2) is 84.9 Å². The Morgan fingerprint density at radius 3 is 1.70 bits per heavy atom. The van der Waals surface area contributed by atoms with Crippen LogP contribution < -0.4 is 14.1 Å². The van der Waals surface area contributed by atoms with Gasteiger partial charge in [0.05, 0.1) is 0 Å². The van der Waals surface area contributed by atoms with Crippen LogP contribution in [0.1, 0.15) is 30.9 Å². The SMILES string of the molecule is CC(C)c1ccc(CNP(=O)(Oc2ccccc2)Oc2ccccc2)cc1. The average molecular weight is 381 g/mol. The minimum atomic E-state index is -3.61. The predicted molar refractivity (Wildman–Crippen MR) is 109 cm³/mol. The quantitative estimate of drug-likeness (QED) is 0.474. The molecular formula is C22H24NO3P. The minimum absolute atomic E-state index is 0.370. The van der Waals surface area contributed by atoms with Crippen LogP contribution in [-0.2, 0) is 11.1 Å². The van der Waals surface area contributed by atoms with E-state index >= 15 is 0 Å². The van der Waals surface area contributed by atoms with Gasteiger partial charge in [0.2, 0.25) is 0 Å². The Morgan fingerprint density at radius 2 is 1.26 bits per heavy atom. The van der Waals surface area contributed by atoms with Crippen LogP contribution in [0.5, 0.6) is 11.5 Å². The van der Waals surface area contributed by atoms with Gasteiger partial charge in [-0.15, -0.1) is 0 Å². The van der Waals surface area contributed by atoms with Gasteiger partial charge in [-0.25, -0.2) is 4.57 Å². The number of rotatable bonds is 8. The van der Waals surface area contributed by atoms with E-state index in [1.54, 1.807) is 24.3 Å². The van der Waals surface area contributed by atoms with E-state index in [2.05, 4.69) is 31.1 Å². The predicted octanol–water partition coefficient (Wildman–Crippen LogP) is 6.17. The Bertz CT molecular complexity index is 835. The van der Waals surface area contributed by atoms with Crippen molar-refractivity contribution < 1.29 is 13.6 Å². The summed E-state index contributed by atoms with van der Waals surface area (Å²) in [5.41, 5.74) is 2.27. The first-order valence-corrected chi connectivity index (χ1v) is 10.5. The molecule has 0 aliphatic heterocycles. The molecular weight excluding hydrogens is 357 g/mol. The number of nitrogens with one attached hydrogen (secondary N) is 1. The molecule has 0 aromatic heterocycles. The summed E-state index contributed by atoms with van der Waals surface area (Å²) >= 11 is 0. The Hall–Kier alpha value is -2.55. The molecule has 3 rings (SSSR count). The van der Waals surface area contributed by atoms with E-state index in [9.17, 15) is 4.57 Å². The van der Waals surface area contributed by atoms with Crippen molar-refractivity contribution in [3.05, 3.63) is 96.1 Å². The van der Waals surface area contributed by atoms with Gasteiger partial charge in [0.15, 0.2) is 0 Å². The van der Waals surface area contributed by atoms with Gasteiger partial charge < -0.3 is 9.05 Å². The Morgan fingerprint density at radius 1 is 0.778 bits per heavy atom. The summed E-state index contributed by atoms with van der Waals surface area (Å²) in [7, 11) is -3.61. The third-order valence-electron chi connectivity index (χ3n) is 4.06. The van der Waals surface area contributed by atoms with Gasteiger partial charge in [-0.05, 0) is 41.3 Å². The molecule has 0 saturated carbocycles. The van der Waals surface area contributed by atoms with Crippen molar-refractivity contribution >= 4 is 7.75 Å². The number of hydrogen-bond acceptors (Lipinski definition) is 3. The fourth-order valence-corrected chi connectivity index (χ4v) is 3.87. The second-order valence-corrected chi connectivity index (χ2v) is 8.21. The molecule has 5 heteroatoms. The highest BCUT2D eigenvalue weighted by Gasteiger charge is 2.28. The first kappa shape index (κ1) is 19.2. The molecule has 0 aliphatic rings. The molecule has 0 aliphatic carbocycles. The standard InChI is InChI=1S/C22H24NO3P/c1-18(2)20-15-13-19(14-16-20)17-23-27(24,25-21-9-5-3-6-10-21)26-22-11-7-4-8-12-22/h3-16,18H,17H2,1-2H3,(H,23,24). The number of benzene rings is 3. The van der Waals surface area contributed by atoms with Crippen LogP contribution in [-0.4, -0.2) is 0 Å². The summed E-state index contributed by atoms with van der Waals surface area (Å²) in [6.07, 6.45) is 0. The summed E-state index contributed by atoms with van der Waals surface area (Å²) in [5.74, 6) is 1.44. The van der Waals surface area contributed by atoms with Crippen LogP contribution >= 0.6 is 7.75 Å². The largest absolute Gasteiger partial charge is 0.513 e. The summed E-state index contributed by atoms with van der Waals surface area (Å²) in [5, 5.41) is 2.97. The monoisotopic (exact) mass is 381 g/mol. The smallest absolute Gasteiger partial charge is 0.405 e. The molecule has 0 atom stereocenters. The van der Waals surface area contributed by atoms with Crippen molar-refractivity contribution in [3.63, 3.8) is 0 Å². The molecule has 0 amide bonds. The molecule has 3 aromatic rings. The number of hydrogen-bond donors (Lipinski definition) is 1. The highest BCUT2D eigenvalue weighted by atomic mass is 31.2. The molecule has 0 fully saturated rings. The maximum absolute atomic E-state index is 13.3. The maximum atomic E-state index is 13.3. The van der Waals surface area contributed by atoms with E-state index in [1.165, 1.54) is 5.56 Å². The normalized spacial score (nSPS) is 11.4. The highest BCUT2D eigenvalue weighted by molar-refractivity contribution is 7.52. The summed E-state index contributed by atoms with van der Waals surface area (Å²) in [4.78, 5) is 0. The van der Waals surface area contributed by atoms with Crippen molar-refractivity contribution in [3.8, 4) is 11.5 Å². The zero-order chi connectivity index (χ0) is 19.1. The highest BCUT2D eigenvalue weighted by Crippen LogP contribution is 2.44. The van der Waals surface area contributed by atoms with E-state index in [1.807, 2.05) is 48.5 Å². The lowest BCUT2D eigenvalue weighted by atomic mass is 10.0. The van der Waals surface area contributed by atoms with Gasteiger partial charge in [0, 0.05) is 6.54 Å². The molecule has 3 aromatic carbocycles. The van der Waals surface area contributed by atoms with Crippen molar-refractivity contribution in [1.29, 1.82) is 0 Å². The van der Waals surface area contributed by atoms with Gasteiger partial charge in [-0.1, -0.05) is 74.5 Å². The van der Waals surface area contributed by atoms with E-state index < -0.39 is 7.75 Å². The summed E-state index contributed by atoms with van der Waals surface area (Å²) in [6, 6.07) is 26.3. The molecule has 0 heterocycles. The first-order chi connectivity index (χ1) is 13.0. The average Bonchev–Trinajstić information content (AvgIpc) is 2.68. The van der Waals surface area contributed by atoms with Crippen LogP contribution in [0, 0.1) is 0 Å². The van der Waals surface area contributed by atoms with Gasteiger partial charge >= 0.3 is 7.75 Å². The fraction of sp³-hybridized carbons (Fsp3) is 0.182. The lowest BCUT2D eigenvalue weighted by Gasteiger charge is -2.20. The molecule has 4 nitrogen and oxygen atoms in total. The van der Waals surface area contributed by atoms with Gasteiger partial charge in [0.25, 0.3) is 0 Å². The van der Waals surface area contributed by atoms with Gasteiger partial charge in [-0.3, -0.25) is 0 Å². The van der Waals surface area contributed by atoms with E-state index in [0.29, 0.717) is 24.0 Å². The fourth-order valence-electron chi connectivity index (χ4n) is 2.53.